The second-order valence-electron chi connectivity index (χ2n) is 7.25. The molecule has 0 spiro atoms. The molecule has 28 heavy (non-hydrogen) atoms. The van der Waals surface area contributed by atoms with Crippen LogP contribution >= 0.6 is 0 Å². The second kappa shape index (κ2) is 9.71. The quantitative estimate of drug-likeness (QED) is 0.646. The molecule has 0 aromatic heterocycles. The molecule has 2 aromatic carbocycles. The topological polar surface area (TPSA) is 48.0 Å². The lowest BCUT2D eigenvalue weighted by Crippen LogP contribution is -2.38. The fraction of sp³-hybridized carbons (Fsp3) is 0.435. The molecule has 2 aromatic rings. The minimum atomic E-state index is 0.0255. The Labute approximate surface area is 167 Å². The molecule has 1 aliphatic rings. The van der Waals surface area contributed by atoms with Gasteiger partial charge in [0.1, 0.15) is 11.5 Å². The molecule has 5 heteroatoms. The average Bonchev–Trinajstić information content (AvgIpc) is 2.74. The first-order valence-electron chi connectivity index (χ1n) is 9.70. The summed E-state index contributed by atoms with van der Waals surface area (Å²) in [5, 5.41) is 0. The Morgan fingerprint density at radius 3 is 2.71 bits per heavy atom. The zero-order chi connectivity index (χ0) is 19.9. The number of methoxy groups -OCH3 is 3. The van der Waals surface area contributed by atoms with Crippen molar-refractivity contribution in [1.29, 1.82) is 0 Å². The summed E-state index contributed by atoms with van der Waals surface area (Å²) in [4.78, 5) is 15.3. The van der Waals surface area contributed by atoms with Crippen LogP contribution in [0.15, 0.2) is 42.5 Å². The number of benzene rings is 2. The van der Waals surface area contributed by atoms with Crippen LogP contribution in [0.3, 0.4) is 0 Å². The Hall–Kier alpha value is -2.37. The van der Waals surface area contributed by atoms with Crippen LogP contribution in [-0.4, -0.2) is 45.1 Å². The van der Waals surface area contributed by atoms with Crippen LogP contribution in [0.5, 0.6) is 11.5 Å². The first-order chi connectivity index (χ1) is 13.6. The Morgan fingerprint density at radius 1 is 1.11 bits per heavy atom. The summed E-state index contributed by atoms with van der Waals surface area (Å²) in [6.45, 7) is 3.13. The summed E-state index contributed by atoms with van der Waals surface area (Å²) in [7, 11) is 4.98. The molecule has 1 unspecified atom stereocenters. The molecular weight excluding hydrogens is 354 g/mol. The van der Waals surface area contributed by atoms with Gasteiger partial charge in [-0.25, -0.2) is 0 Å². The van der Waals surface area contributed by atoms with Crippen LogP contribution in [-0.2, 0) is 17.9 Å². The molecule has 150 valence electrons. The van der Waals surface area contributed by atoms with E-state index in [-0.39, 0.29) is 11.7 Å². The minimum absolute atomic E-state index is 0.0255. The first kappa shape index (κ1) is 20.4. The van der Waals surface area contributed by atoms with Gasteiger partial charge < -0.3 is 14.2 Å². The second-order valence-corrected chi connectivity index (χ2v) is 7.25. The van der Waals surface area contributed by atoms with Gasteiger partial charge in [-0.3, -0.25) is 9.69 Å². The van der Waals surface area contributed by atoms with E-state index < -0.39 is 0 Å². The maximum absolute atomic E-state index is 13.0. The molecule has 1 saturated heterocycles. The maximum Gasteiger partial charge on any atom is 0.167 e. The summed E-state index contributed by atoms with van der Waals surface area (Å²) < 4.78 is 16.0. The number of carbonyl (C=O) groups excluding carboxylic acids is 1. The molecule has 0 saturated carbocycles. The van der Waals surface area contributed by atoms with Crippen molar-refractivity contribution in [2.24, 2.45) is 5.92 Å². The Bertz CT molecular complexity index is 805. The fourth-order valence-corrected chi connectivity index (χ4v) is 3.88. The highest BCUT2D eigenvalue weighted by Gasteiger charge is 2.27. The smallest absolute Gasteiger partial charge is 0.167 e. The van der Waals surface area contributed by atoms with E-state index >= 15 is 0 Å². The van der Waals surface area contributed by atoms with Crippen molar-refractivity contribution in [3.05, 3.63) is 59.2 Å². The van der Waals surface area contributed by atoms with Gasteiger partial charge in [0.15, 0.2) is 5.78 Å². The molecule has 0 radical (unpaired) electrons. The number of ketones is 1. The summed E-state index contributed by atoms with van der Waals surface area (Å²) in [5.74, 6) is 1.80. The normalized spacial score (nSPS) is 17.3. The largest absolute Gasteiger partial charge is 0.497 e. The van der Waals surface area contributed by atoms with E-state index in [0.717, 1.165) is 55.1 Å². The molecule has 0 N–H and O–H groups in total. The van der Waals surface area contributed by atoms with Crippen molar-refractivity contribution in [1.82, 2.24) is 4.90 Å². The molecule has 3 rings (SSSR count). The molecule has 1 heterocycles. The monoisotopic (exact) mass is 383 g/mol. The zero-order valence-corrected chi connectivity index (χ0v) is 16.9. The SMILES string of the molecule is COCc1cc(CN2CCCC(C(=O)c3cccc(OC)c3)C2)ccc1OC. The predicted molar refractivity (Wildman–Crippen MR) is 109 cm³/mol. The zero-order valence-electron chi connectivity index (χ0n) is 16.9. The van der Waals surface area contributed by atoms with E-state index in [9.17, 15) is 4.79 Å². The van der Waals surface area contributed by atoms with Gasteiger partial charge in [-0.15, -0.1) is 0 Å². The van der Waals surface area contributed by atoms with Gasteiger partial charge in [0.2, 0.25) is 0 Å². The van der Waals surface area contributed by atoms with Crippen molar-refractivity contribution < 1.29 is 19.0 Å². The van der Waals surface area contributed by atoms with E-state index in [0.29, 0.717) is 6.61 Å². The van der Waals surface area contributed by atoms with Crippen molar-refractivity contribution in [2.75, 3.05) is 34.4 Å². The van der Waals surface area contributed by atoms with E-state index in [4.69, 9.17) is 14.2 Å². The lowest BCUT2D eigenvalue weighted by atomic mass is 9.89. The van der Waals surface area contributed by atoms with Crippen molar-refractivity contribution in [3.8, 4) is 11.5 Å². The Morgan fingerprint density at radius 2 is 1.96 bits per heavy atom. The lowest BCUT2D eigenvalue weighted by molar-refractivity contribution is 0.0811. The number of hydrogen-bond acceptors (Lipinski definition) is 5. The molecule has 0 amide bonds. The number of rotatable bonds is 8. The third kappa shape index (κ3) is 4.91. The van der Waals surface area contributed by atoms with Gasteiger partial charge in [-0.1, -0.05) is 18.2 Å². The molecule has 0 bridgehead atoms. The molecular formula is C23H29NO4. The molecule has 1 aliphatic heterocycles. The van der Waals surface area contributed by atoms with Crippen LogP contribution in [0.25, 0.3) is 0 Å². The number of piperidine rings is 1. The summed E-state index contributed by atoms with van der Waals surface area (Å²) in [5.41, 5.74) is 2.99. The van der Waals surface area contributed by atoms with Gasteiger partial charge in [0.25, 0.3) is 0 Å². The molecule has 1 atom stereocenters. The number of likely N-dealkylation sites (tertiary alicyclic amines) is 1. The third-order valence-electron chi connectivity index (χ3n) is 5.28. The number of ether oxygens (including phenoxy) is 3. The van der Waals surface area contributed by atoms with Gasteiger partial charge in [-0.05, 0) is 49.2 Å². The summed E-state index contributed by atoms with van der Waals surface area (Å²) in [6, 6.07) is 13.7. The highest BCUT2D eigenvalue weighted by Crippen LogP contribution is 2.26. The first-order valence-corrected chi connectivity index (χ1v) is 9.70. The Kier molecular flexibility index (Phi) is 7.06. The van der Waals surface area contributed by atoms with E-state index in [1.807, 2.05) is 30.3 Å². The van der Waals surface area contributed by atoms with Crippen molar-refractivity contribution in [3.63, 3.8) is 0 Å². The average molecular weight is 383 g/mol. The number of hydrogen-bond donors (Lipinski definition) is 0. The van der Waals surface area contributed by atoms with Gasteiger partial charge in [-0.2, -0.15) is 0 Å². The van der Waals surface area contributed by atoms with Gasteiger partial charge in [0.05, 0.1) is 20.8 Å². The van der Waals surface area contributed by atoms with Crippen LogP contribution in [0.2, 0.25) is 0 Å². The van der Waals surface area contributed by atoms with E-state index in [2.05, 4.69) is 17.0 Å². The number of Topliss-reactive ketones (excluding diaryl/α,β-unsaturated/α-hetero) is 1. The number of nitrogens with zero attached hydrogens (tertiary/aromatic N) is 1. The molecule has 0 aliphatic carbocycles. The molecule has 5 nitrogen and oxygen atoms in total. The van der Waals surface area contributed by atoms with Crippen LogP contribution in [0.1, 0.15) is 34.3 Å². The Balaban J connectivity index is 1.68. The minimum Gasteiger partial charge on any atom is -0.497 e. The highest BCUT2D eigenvalue weighted by molar-refractivity contribution is 5.98. The fourth-order valence-electron chi connectivity index (χ4n) is 3.88. The lowest BCUT2D eigenvalue weighted by Gasteiger charge is -2.32. The van der Waals surface area contributed by atoms with Crippen LogP contribution in [0, 0.1) is 5.92 Å². The third-order valence-corrected chi connectivity index (χ3v) is 5.28. The van der Waals surface area contributed by atoms with Crippen LogP contribution in [0.4, 0.5) is 0 Å². The van der Waals surface area contributed by atoms with E-state index in [1.54, 1.807) is 21.3 Å². The van der Waals surface area contributed by atoms with E-state index in [1.165, 1.54) is 5.56 Å². The van der Waals surface area contributed by atoms with Gasteiger partial charge >= 0.3 is 0 Å². The maximum atomic E-state index is 13.0. The van der Waals surface area contributed by atoms with Crippen molar-refractivity contribution in [2.45, 2.75) is 26.0 Å². The standard InChI is InChI=1S/C23H29NO4/c1-26-16-20-12-17(9-10-22(20)28-3)14-24-11-5-7-19(15-24)23(25)18-6-4-8-21(13-18)27-2/h4,6,8-10,12-13,19H,5,7,11,14-16H2,1-3H3. The summed E-state index contributed by atoms with van der Waals surface area (Å²) >= 11 is 0. The number of carbonyl (C=O) groups is 1. The predicted octanol–water partition coefficient (Wildman–Crippen LogP) is 3.95. The molecule has 1 fully saturated rings. The van der Waals surface area contributed by atoms with Crippen molar-refractivity contribution >= 4 is 5.78 Å². The highest BCUT2D eigenvalue weighted by atomic mass is 16.5. The summed E-state index contributed by atoms with van der Waals surface area (Å²) in [6.07, 6.45) is 1.96. The van der Waals surface area contributed by atoms with Crippen LogP contribution < -0.4 is 9.47 Å². The van der Waals surface area contributed by atoms with Gasteiger partial charge in [0, 0.05) is 37.2 Å².